The fourth-order valence-corrected chi connectivity index (χ4v) is 3.18. The van der Waals surface area contributed by atoms with Crippen molar-refractivity contribution < 1.29 is 27.4 Å². The molecule has 2 aromatic rings. The number of hydrogen-bond donors (Lipinski definition) is 1. The summed E-state index contributed by atoms with van der Waals surface area (Å²) >= 11 is 0. The smallest absolute Gasteiger partial charge is 0.491 e. The van der Waals surface area contributed by atoms with Gasteiger partial charge in [-0.2, -0.15) is 0 Å². The van der Waals surface area contributed by atoms with Crippen LogP contribution in [-0.4, -0.2) is 51.1 Å². The Bertz CT molecular complexity index is 931. The van der Waals surface area contributed by atoms with Crippen LogP contribution in [0.15, 0.2) is 36.4 Å². The van der Waals surface area contributed by atoms with Gasteiger partial charge in [-0.3, -0.25) is 9.69 Å². The lowest BCUT2D eigenvalue weighted by Gasteiger charge is -2.28. The second-order valence-corrected chi connectivity index (χ2v) is 7.15. The predicted octanol–water partition coefficient (Wildman–Crippen LogP) is 4.12. The van der Waals surface area contributed by atoms with Crippen molar-refractivity contribution in [1.29, 1.82) is 0 Å². The molecule has 0 bridgehead atoms. The molecule has 6 nitrogen and oxygen atoms in total. The molecule has 30 heavy (non-hydrogen) atoms. The quantitative estimate of drug-likeness (QED) is 0.560. The molecule has 0 spiro atoms. The summed E-state index contributed by atoms with van der Waals surface area (Å²) < 4.78 is 53.1. The fourth-order valence-electron chi connectivity index (χ4n) is 3.18. The minimum absolute atomic E-state index is 0.0736. The van der Waals surface area contributed by atoms with E-state index in [1.54, 1.807) is 32.0 Å². The zero-order valence-corrected chi connectivity index (χ0v) is 17.2. The summed E-state index contributed by atoms with van der Waals surface area (Å²) in [5.74, 6) is -1.26. The van der Waals surface area contributed by atoms with Crippen LogP contribution in [0.4, 0.5) is 24.5 Å². The first-order valence-electron chi connectivity index (χ1n) is 9.41. The van der Waals surface area contributed by atoms with Crippen molar-refractivity contribution in [3.63, 3.8) is 0 Å². The van der Waals surface area contributed by atoms with Crippen LogP contribution in [0.1, 0.15) is 22.8 Å². The minimum Gasteiger partial charge on any atom is -0.491 e. The second kappa shape index (κ2) is 8.43. The van der Waals surface area contributed by atoms with E-state index >= 15 is 0 Å². The number of methoxy groups -OCH3 is 1. The molecule has 162 valence electrons. The number of amides is 1. The van der Waals surface area contributed by atoms with Crippen LogP contribution < -0.4 is 19.7 Å². The number of halogens is 3. The van der Waals surface area contributed by atoms with E-state index < -0.39 is 24.1 Å². The summed E-state index contributed by atoms with van der Waals surface area (Å²) in [6.45, 7) is 2.43. The first kappa shape index (κ1) is 21.8. The highest BCUT2D eigenvalue weighted by Crippen LogP contribution is 2.43. The number of carbonyl (C=O) groups is 1. The number of carbonyl (C=O) groups excluding carboxylic acids is 1. The van der Waals surface area contributed by atoms with Crippen molar-refractivity contribution in [2.75, 3.05) is 38.0 Å². The van der Waals surface area contributed by atoms with Crippen LogP contribution >= 0.6 is 0 Å². The molecule has 1 heterocycles. The van der Waals surface area contributed by atoms with E-state index in [0.29, 0.717) is 12.2 Å². The SMILES string of the molecule is COc1c(OC(C)N(C)C)cccc1N(C(=O)c1ccc2c(c1)NCC2)C(F)(F)F. The largest absolute Gasteiger partial charge is 0.491 e. The van der Waals surface area contributed by atoms with Crippen molar-refractivity contribution in [1.82, 2.24) is 4.90 Å². The van der Waals surface area contributed by atoms with Gasteiger partial charge < -0.3 is 14.8 Å². The summed E-state index contributed by atoms with van der Waals surface area (Å²) in [5.41, 5.74) is 1.13. The van der Waals surface area contributed by atoms with Crippen molar-refractivity contribution in [3.8, 4) is 11.5 Å². The Labute approximate surface area is 173 Å². The molecule has 9 heteroatoms. The fraction of sp³-hybridized carbons (Fsp3) is 0.381. The topological polar surface area (TPSA) is 54.0 Å². The van der Waals surface area contributed by atoms with E-state index in [0.717, 1.165) is 12.0 Å². The number of alkyl halides is 3. The van der Waals surface area contributed by atoms with Crippen LogP contribution in [0.25, 0.3) is 0 Å². The molecule has 1 aliphatic rings. The third-order valence-corrected chi connectivity index (χ3v) is 4.95. The number of fused-ring (bicyclic) bond motifs is 1. The Morgan fingerprint density at radius 2 is 1.93 bits per heavy atom. The zero-order valence-electron chi connectivity index (χ0n) is 17.2. The number of ether oxygens (including phenoxy) is 2. The Morgan fingerprint density at radius 1 is 1.20 bits per heavy atom. The van der Waals surface area contributed by atoms with Gasteiger partial charge in [-0.25, -0.2) is 4.90 Å². The number of anilines is 2. The van der Waals surface area contributed by atoms with Crippen LogP contribution in [0.3, 0.4) is 0 Å². The molecule has 1 aliphatic heterocycles. The maximum Gasteiger partial charge on any atom is 0.491 e. The molecule has 1 N–H and O–H groups in total. The van der Waals surface area contributed by atoms with Gasteiger partial charge in [-0.05, 0) is 57.3 Å². The van der Waals surface area contributed by atoms with Crippen molar-refractivity contribution >= 4 is 17.3 Å². The normalized spacial score (nSPS) is 14.1. The molecule has 0 aromatic heterocycles. The van der Waals surface area contributed by atoms with E-state index in [-0.39, 0.29) is 22.0 Å². The molecule has 0 fully saturated rings. The first-order valence-corrected chi connectivity index (χ1v) is 9.41. The molecular weight excluding hydrogens is 399 g/mol. The van der Waals surface area contributed by atoms with Gasteiger partial charge >= 0.3 is 6.30 Å². The van der Waals surface area contributed by atoms with Gasteiger partial charge in [-0.1, -0.05) is 12.1 Å². The average molecular weight is 423 g/mol. The van der Waals surface area contributed by atoms with Crippen molar-refractivity contribution in [3.05, 3.63) is 47.5 Å². The van der Waals surface area contributed by atoms with Gasteiger partial charge in [0.2, 0.25) is 0 Å². The van der Waals surface area contributed by atoms with Crippen molar-refractivity contribution in [2.45, 2.75) is 25.9 Å². The lowest BCUT2D eigenvalue weighted by Crippen LogP contribution is -2.43. The van der Waals surface area contributed by atoms with Gasteiger partial charge in [0.25, 0.3) is 5.91 Å². The van der Waals surface area contributed by atoms with Gasteiger partial charge in [0.05, 0.1) is 12.8 Å². The van der Waals surface area contributed by atoms with E-state index in [4.69, 9.17) is 9.47 Å². The molecule has 1 amide bonds. The number of rotatable bonds is 6. The highest BCUT2D eigenvalue weighted by molar-refractivity contribution is 6.08. The third-order valence-electron chi connectivity index (χ3n) is 4.95. The molecule has 0 saturated carbocycles. The average Bonchev–Trinajstić information content (AvgIpc) is 3.14. The highest BCUT2D eigenvalue weighted by Gasteiger charge is 2.44. The minimum atomic E-state index is -4.97. The molecule has 0 aliphatic carbocycles. The van der Waals surface area contributed by atoms with E-state index in [1.807, 2.05) is 0 Å². The Hall–Kier alpha value is -2.94. The van der Waals surface area contributed by atoms with Gasteiger partial charge in [-0.15, -0.1) is 13.2 Å². The lowest BCUT2D eigenvalue weighted by atomic mass is 10.1. The number of benzene rings is 2. The van der Waals surface area contributed by atoms with E-state index in [1.165, 1.54) is 37.4 Å². The molecule has 0 saturated heterocycles. The van der Waals surface area contributed by atoms with Gasteiger partial charge in [0.1, 0.15) is 6.23 Å². The van der Waals surface area contributed by atoms with Crippen LogP contribution in [0, 0.1) is 0 Å². The maximum absolute atomic E-state index is 14.0. The summed E-state index contributed by atoms with van der Waals surface area (Å²) in [4.78, 5) is 14.5. The molecule has 2 aromatic carbocycles. The predicted molar refractivity (Wildman–Crippen MR) is 108 cm³/mol. The van der Waals surface area contributed by atoms with Gasteiger partial charge in [0.15, 0.2) is 11.5 Å². The summed E-state index contributed by atoms with van der Waals surface area (Å²) in [6.07, 6.45) is -4.63. The Kier molecular flexibility index (Phi) is 6.12. The van der Waals surface area contributed by atoms with Crippen LogP contribution in [0.2, 0.25) is 0 Å². The van der Waals surface area contributed by atoms with Crippen molar-refractivity contribution in [2.24, 2.45) is 0 Å². The lowest BCUT2D eigenvalue weighted by molar-refractivity contribution is -0.122. The first-order chi connectivity index (χ1) is 14.1. The second-order valence-electron chi connectivity index (χ2n) is 7.15. The van der Waals surface area contributed by atoms with Gasteiger partial charge in [0, 0.05) is 17.8 Å². The molecule has 1 unspecified atom stereocenters. The number of hydrogen-bond acceptors (Lipinski definition) is 5. The summed E-state index contributed by atoms with van der Waals surface area (Å²) in [7, 11) is 4.78. The Balaban J connectivity index is 2.05. The van der Waals surface area contributed by atoms with Crippen LogP contribution in [-0.2, 0) is 6.42 Å². The Morgan fingerprint density at radius 3 is 2.57 bits per heavy atom. The third kappa shape index (κ3) is 4.30. The zero-order chi connectivity index (χ0) is 22.1. The summed E-state index contributed by atoms with van der Waals surface area (Å²) in [6, 6.07) is 8.61. The van der Waals surface area contributed by atoms with Crippen LogP contribution in [0.5, 0.6) is 11.5 Å². The number of para-hydroxylation sites is 1. The van der Waals surface area contributed by atoms with E-state index in [9.17, 15) is 18.0 Å². The monoisotopic (exact) mass is 423 g/mol. The standard InChI is InChI=1S/C21H24F3N3O3/c1-13(26(2)3)30-18-7-5-6-17(19(18)29-4)27(21(22,23)24)20(28)15-9-8-14-10-11-25-16(14)12-15/h5-9,12-13,25H,10-11H2,1-4H3. The highest BCUT2D eigenvalue weighted by atomic mass is 19.4. The number of nitrogens with zero attached hydrogens (tertiary/aromatic N) is 2. The summed E-state index contributed by atoms with van der Waals surface area (Å²) in [5, 5.41) is 3.08. The molecule has 3 rings (SSSR count). The number of nitrogens with one attached hydrogen (secondary N) is 1. The molecule has 0 radical (unpaired) electrons. The molecule has 1 atom stereocenters. The van der Waals surface area contributed by atoms with E-state index in [2.05, 4.69) is 5.32 Å². The maximum atomic E-state index is 14.0. The molecular formula is C21H24F3N3O3.